The molecular weight excluding hydrogens is 419 g/mol. The maximum atomic E-state index is 6.12. The van der Waals surface area contributed by atoms with Crippen molar-refractivity contribution in [2.24, 2.45) is 4.99 Å². The van der Waals surface area contributed by atoms with Crippen molar-refractivity contribution in [3.63, 3.8) is 0 Å². The van der Waals surface area contributed by atoms with Gasteiger partial charge in [-0.25, -0.2) is 4.98 Å². The fourth-order valence-electron chi connectivity index (χ4n) is 1.70. The van der Waals surface area contributed by atoms with Crippen molar-refractivity contribution in [2.75, 3.05) is 7.05 Å². The van der Waals surface area contributed by atoms with Crippen LogP contribution in [-0.2, 0) is 13.1 Å². The van der Waals surface area contributed by atoms with Crippen LogP contribution in [0.2, 0.25) is 5.02 Å². The number of benzene rings is 1. The Balaban J connectivity index is 0.00000220. The van der Waals surface area contributed by atoms with E-state index in [9.17, 15) is 0 Å². The SMILES string of the molecule is CN=C(NCc1ccccc1Cl)NCc1scnc1C.I. The number of aryl methyl sites for hydroxylation is 1. The molecule has 21 heavy (non-hydrogen) atoms. The molecule has 7 heteroatoms. The molecular formula is C14H18ClIN4S. The molecule has 0 aliphatic heterocycles. The molecule has 1 aromatic carbocycles. The lowest BCUT2D eigenvalue weighted by Crippen LogP contribution is -2.36. The summed E-state index contributed by atoms with van der Waals surface area (Å²) < 4.78 is 0. The smallest absolute Gasteiger partial charge is 0.191 e. The van der Waals surface area contributed by atoms with E-state index in [-0.39, 0.29) is 24.0 Å². The van der Waals surface area contributed by atoms with Gasteiger partial charge in [0.1, 0.15) is 0 Å². The minimum atomic E-state index is 0. The topological polar surface area (TPSA) is 49.3 Å². The average molecular weight is 437 g/mol. The highest BCUT2D eigenvalue weighted by Gasteiger charge is 2.04. The van der Waals surface area contributed by atoms with Crippen LogP contribution in [0.1, 0.15) is 16.1 Å². The lowest BCUT2D eigenvalue weighted by atomic mass is 10.2. The second kappa shape index (κ2) is 9.22. The Labute approximate surface area is 151 Å². The predicted molar refractivity (Wildman–Crippen MR) is 101 cm³/mol. The zero-order valence-corrected chi connectivity index (χ0v) is 15.8. The zero-order chi connectivity index (χ0) is 14.4. The van der Waals surface area contributed by atoms with E-state index in [1.165, 1.54) is 4.88 Å². The molecule has 0 radical (unpaired) electrons. The zero-order valence-electron chi connectivity index (χ0n) is 11.9. The molecule has 0 amide bonds. The van der Waals surface area contributed by atoms with Crippen molar-refractivity contribution in [1.82, 2.24) is 15.6 Å². The first-order chi connectivity index (χ1) is 9.70. The molecule has 2 N–H and O–H groups in total. The van der Waals surface area contributed by atoms with Crippen LogP contribution in [0.5, 0.6) is 0 Å². The van der Waals surface area contributed by atoms with Crippen molar-refractivity contribution >= 4 is 52.9 Å². The summed E-state index contributed by atoms with van der Waals surface area (Å²) in [4.78, 5) is 9.64. The van der Waals surface area contributed by atoms with Crippen LogP contribution >= 0.6 is 46.9 Å². The van der Waals surface area contributed by atoms with Crippen LogP contribution in [0.15, 0.2) is 34.8 Å². The number of thiazole rings is 1. The van der Waals surface area contributed by atoms with Gasteiger partial charge in [0.05, 0.1) is 17.7 Å². The molecule has 114 valence electrons. The maximum Gasteiger partial charge on any atom is 0.191 e. The molecule has 2 aromatic rings. The molecule has 0 bridgehead atoms. The van der Waals surface area contributed by atoms with E-state index in [0.717, 1.165) is 28.8 Å². The van der Waals surface area contributed by atoms with Gasteiger partial charge in [0.25, 0.3) is 0 Å². The molecule has 0 aliphatic carbocycles. The van der Waals surface area contributed by atoms with Crippen LogP contribution in [0, 0.1) is 6.92 Å². The van der Waals surface area contributed by atoms with E-state index in [2.05, 4.69) is 20.6 Å². The number of aliphatic imine (C=N–C) groups is 1. The summed E-state index contributed by atoms with van der Waals surface area (Å²) in [6, 6.07) is 7.77. The van der Waals surface area contributed by atoms with Crippen molar-refractivity contribution in [3.8, 4) is 0 Å². The fraction of sp³-hybridized carbons (Fsp3) is 0.286. The maximum absolute atomic E-state index is 6.12. The predicted octanol–water partition coefficient (Wildman–Crippen LogP) is 3.59. The first-order valence-corrected chi connectivity index (χ1v) is 7.53. The van der Waals surface area contributed by atoms with E-state index in [1.54, 1.807) is 18.4 Å². The summed E-state index contributed by atoms with van der Waals surface area (Å²) >= 11 is 7.76. The summed E-state index contributed by atoms with van der Waals surface area (Å²) in [6.07, 6.45) is 0. The molecule has 0 spiro atoms. The molecule has 0 unspecified atom stereocenters. The number of aromatic nitrogens is 1. The lowest BCUT2D eigenvalue weighted by Gasteiger charge is -2.12. The average Bonchev–Trinajstić information content (AvgIpc) is 2.86. The summed E-state index contributed by atoms with van der Waals surface area (Å²) in [5, 5.41) is 7.27. The molecule has 0 aliphatic rings. The van der Waals surface area contributed by atoms with Crippen LogP contribution in [-0.4, -0.2) is 18.0 Å². The Morgan fingerprint density at radius 1 is 1.29 bits per heavy atom. The minimum Gasteiger partial charge on any atom is -0.352 e. The summed E-state index contributed by atoms with van der Waals surface area (Å²) in [5.74, 6) is 0.748. The van der Waals surface area contributed by atoms with Gasteiger partial charge < -0.3 is 10.6 Å². The van der Waals surface area contributed by atoms with E-state index in [4.69, 9.17) is 11.6 Å². The number of hydrogen-bond donors (Lipinski definition) is 2. The van der Waals surface area contributed by atoms with Gasteiger partial charge in [0, 0.05) is 23.5 Å². The Hall–Kier alpha value is -0.860. The van der Waals surface area contributed by atoms with Crippen molar-refractivity contribution < 1.29 is 0 Å². The van der Waals surface area contributed by atoms with E-state index in [1.807, 2.05) is 36.7 Å². The Morgan fingerprint density at radius 2 is 2.00 bits per heavy atom. The number of rotatable bonds is 4. The number of guanidine groups is 1. The van der Waals surface area contributed by atoms with Gasteiger partial charge in [-0.2, -0.15) is 0 Å². The molecule has 0 saturated heterocycles. The number of nitrogens with one attached hydrogen (secondary N) is 2. The molecule has 4 nitrogen and oxygen atoms in total. The van der Waals surface area contributed by atoms with Gasteiger partial charge in [-0.15, -0.1) is 35.3 Å². The molecule has 0 atom stereocenters. The highest BCUT2D eigenvalue weighted by atomic mass is 127. The van der Waals surface area contributed by atoms with Gasteiger partial charge in [-0.3, -0.25) is 4.99 Å². The van der Waals surface area contributed by atoms with Gasteiger partial charge in [0.15, 0.2) is 5.96 Å². The number of halogens is 2. The summed E-state index contributed by atoms with van der Waals surface area (Å²) in [6.45, 7) is 3.37. The summed E-state index contributed by atoms with van der Waals surface area (Å²) in [7, 11) is 1.75. The molecule has 2 rings (SSSR count). The molecule has 0 fully saturated rings. The Bertz CT molecular complexity index is 600. The third-order valence-corrected chi connectivity index (χ3v) is 4.19. The number of hydrogen-bond acceptors (Lipinski definition) is 3. The van der Waals surface area contributed by atoms with Gasteiger partial charge >= 0.3 is 0 Å². The molecule has 1 heterocycles. The normalized spacial score (nSPS) is 10.9. The first kappa shape index (κ1) is 18.2. The van der Waals surface area contributed by atoms with Crippen LogP contribution < -0.4 is 10.6 Å². The van der Waals surface area contributed by atoms with Crippen molar-refractivity contribution in [2.45, 2.75) is 20.0 Å². The van der Waals surface area contributed by atoms with Gasteiger partial charge in [-0.05, 0) is 18.6 Å². The van der Waals surface area contributed by atoms with Crippen LogP contribution in [0.25, 0.3) is 0 Å². The second-order valence-electron chi connectivity index (χ2n) is 4.23. The Kier molecular flexibility index (Phi) is 7.98. The first-order valence-electron chi connectivity index (χ1n) is 6.27. The third kappa shape index (κ3) is 5.44. The highest BCUT2D eigenvalue weighted by Crippen LogP contribution is 2.14. The van der Waals surface area contributed by atoms with Crippen molar-refractivity contribution in [1.29, 1.82) is 0 Å². The highest BCUT2D eigenvalue weighted by molar-refractivity contribution is 14.0. The van der Waals surface area contributed by atoms with Gasteiger partial charge in [-0.1, -0.05) is 29.8 Å². The van der Waals surface area contributed by atoms with E-state index >= 15 is 0 Å². The second-order valence-corrected chi connectivity index (χ2v) is 5.58. The minimum absolute atomic E-state index is 0. The Morgan fingerprint density at radius 3 is 2.62 bits per heavy atom. The van der Waals surface area contributed by atoms with E-state index < -0.39 is 0 Å². The lowest BCUT2D eigenvalue weighted by molar-refractivity contribution is 0.812. The van der Waals surface area contributed by atoms with Crippen molar-refractivity contribution in [3.05, 3.63) is 50.9 Å². The fourth-order valence-corrected chi connectivity index (χ4v) is 2.62. The molecule has 0 saturated carbocycles. The van der Waals surface area contributed by atoms with Crippen LogP contribution in [0.3, 0.4) is 0 Å². The standard InChI is InChI=1S/C14H17ClN4S.HI/c1-10-13(20-9-19-10)8-18-14(16-2)17-7-11-5-3-4-6-12(11)15;/h3-6,9H,7-8H2,1-2H3,(H2,16,17,18);1H. The summed E-state index contributed by atoms with van der Waals surface area (Å²) in [5.41, 5.74) is 3.96. The van der Waals surface area contributed by atoms with E-state index in [0.29, 0.717) is 6.54 Å². The quantitative estimate of drug-likeness (QED) is 0.437. The monoisotopic (exact) mass is 436 g/mol. The van der Waals surface area contributed by atoms with Crippen LogP contribution in [0.4, 0.5) is 0 Å². The molecule has 1 aromatic heterocycles. The number of nitrogens with zero attached hydrogens (tertiary/aromatic N) is 2. The third-order valence-electron chi connectivity index (χ3n) is 2.89. The largest absolute Gasteiger partial charge is 0.352 e. The van der Waals surface area contributed by atoms with Gasteiger partial charge in [0.2, 0.25) is 0 Å².